The van der Waals surface area contributed by atoms with E-state index in [1.807, 2.05) is 0 Å². The molecule has 0 spiro atoms. The maximum absolute atomic E-state index is 13.1. The molecule has 1 N–H and O–H groups in total. The Labute approximate surface area is 134 Å². The first-order chi connectivity index (χ1) is 11.3. The highest BCUT2D eigenvalue weighted by Crippen LogP contribution is 2.19. The van der Waals surface area contributed by atoms with Gasteiger partial charge in [0.25, 0.3) is 0 Å². The van der Waals surface area contributed by atoms with E-state index < -0.39 is 23.7 Å². The van der Waals surface area contributed by atoms with Gasteiger partial charge in [0.05, 0.1) is 0 Å². The van der Waals surface area contributed by atoms with Crippen molar-refractivity contribution < 1.29 is 27.2 Å². The van der Waals surface area contributed by atoms with E-state index in [0.29, 0.717) is 5.56 Å². The van der Waals surface area contributed by atoms with Gasteiger partial charge in [0.1, 0.15) is 5.82 Å². The molecule has 3 nitrogen and oxygen atoms in total. The van der Waals surface area contributed by atoms with Crippen LogP contribution >= 0.6 is 0 Å². The van der Waals surface area contributed by atoms with E-state index in [-0.39, 0.29) is 11.3 Å². The maximum Gasteiger partial charge on any atom is 0.471 e. The number of hydrogen-bond acceptors (Lipinski definition) is 2. The molecule has 0 aliphatic carbocycles. The zero-order chi connectivity index (χ0) is 17.7. The number of amides is 1. The molecule has 0 aromatic heterocycles. The number of carbonyl (C=O) groups is 2. The lowest BCUT2D eigenvalue weighted by Crippen LogP contribution is -2.29. The van der Waals surface area contributed by atoms with Gasteiger partial charge in [0.15, 0.2) is 5.78 Å². The second-order valence-corrected chi connectivity index (χ2v) is 4.79. The molecule has 0 heterocycles. The summed E-state index contributed by atoms with van der Waals surface area (Å²) >= 11 is 0. The summed E-state index contributed by atoms with van der Waals surface area (Å²) in [4.78, 5) is 22.8. The van der Waals surface area contributed by atoms with Gasteiger partial charge in [-0.05, 0) is 35.9 Å². The molecule has 124 valence electrons. The quantitative estimate of drug-likeness (QED) is 0.516. The van der Waals surface area contributed by atoms with Crippen LogP contribution < -0.4 is 5.32 Å². The first kappa shape index (κ1) is 17.4. The molecule has 0 fully saturated rings. The van der Waals surface area contributed by atoms with Crippen molar-refractivity contribution in [3.8, 4) is 0 Å². The highest BCUT2D eigenvalue weighted by molar-refractivity contribution is 6.06. The van der Waals surface area contributed by atoms with Crippen LogP contribution in [0.15, 0.2) is 54.6 Å². The molecule has 0 bridgehead atoms. The van der Waals surface area contributed by atoms with Gasteiger partial charge in [-0.3, -0.25) is 9.59 Å². The normalized spacial score (nSPS) is 11.5. The van der Waals surface area contributed by atoms with Gasteiger partial charge in [-0.1, -0.05) is 30.3 Å². The topological polar surface area (TPSA) is 46.2 Å². The Balaban J connectivity index is 2.11. The Kier molecular flexibility index (Phi) is 5.13. The predicted octanol–water partition coefficient (Wildman–Crippen LogP) is 4.22. The number of rotatable bonds is 4. The van der Waals surface area contributed by atoms with Crippen LogP contribution in [0.25, 0.3) is 6.08 Å². The molecule has 0 saturated carbocycles. The fraction of sp³-hybridized carbons (Fsp3) is 0.0588. The number of anilines is 1. The molecule has 1 amide bonds. The molecule has 0 aliphatic heterocycles. The number of allylic oxidation sites excluding steroid dienone is 1. The third-order valence-electron chi connectivity index (χ3n) is 2.94. The van der Waals surface area contributed by atoms with Crippen LogP contribution in [0.4, 0.5) is 23.2 Å². The second kappa shape index (κ2) is 7.08. The van der Waals surface area contributed by atoms with Crippen molar-refractivity contribution in [2.45, 2.75) is 6.18 Å². The van der Waals surface area contributed by atoms with Crippen LogP contribution in [-0.4, -0.2) is 17.9 Å². The van der Waals surface area contributed by atoms with Crippen LogP contribution in [0.3, 0.4) is 0 Å². The predicted molar refractivity (Wildman–Crippen MR) is 80.9 cm³/mol. The van der Waals surface area contributed by atoms with E-state index in [2.05, 4.69) is 0 Å². The van der Waals surface area contributed by atoms with E-state index in [0.717, 1.165) is 6.07 Å². The average Bonchev–Trinajstić information content (AvgIpc) is 2.52. The van der Waals surface area contributed by atoms with Crippen LogP contribution in [0.1, 0.15) is 15.9 Å². The SMILES string of the molecule is O=C(/C=C/c1cccc(NC(=O)C(F)(F)F)c1)c1cccc(F)c1. The van der Waals surface area contributed by atoms with Crippen LogP contribution in [0, 0.1) is 5.82 Å². The fourth-order valence-corrected chi connectivity index (χ4v) is 1.83. The highest BCUT2D eigenvalue weighted by atomic mass is 19.4. The molecule has 2 rings (SSSR count). The summed E-state index contributed by atoms with van der Waals surface area (Å²) in [5.74, 6) is -3.09. The Morgan fingerprint density at radius 1 is 1.00 bits per heavy atom. The monoisotopic (exact) mass is 337 g/mol. The van der Waals surface area contributed by atoms with Crippen molar-refractivity contribution in [1.29, 1.82) is 0 Å². The Morgan fingerprint density at radius 3 is 2.38 bits per heavy atom. The largest absolute Gasteiger partial charge is 0.471 e. The minimum absolute atomic E-state index is 0.0577. The van der Waals surface area contributed by atoms with Gasteiger partial charge in [-0.2, -0.15) is 13.2 Å². The zero-order valence-corrected chi connectivity index (χ0v) is 12.1. The zero-order valence-electron chi connectivity index (χ0n) is 12.1. The molecular formula is C17H11F4NO2. The van der Waals surface area contributed by atoms with Crippen molar-refractivity contribution in [3.05, 3.63) is 71.6 Å². The van der Waals surface area contributed by atoms with Crippen molar-refractivity contribution >= 4 is 23.5 Å². The molecule has 24 heavy (non-hydrogen) atoms. The van der Waals surface area contributed by atoms with Crippen molar-refractivity contribution in [2.75, 3.05) is 5.32 Å². The summed E-state index contributed by atoms with van der Waals surface area (Å²) in [7, 11) is 0. The van der Waals surface area contributed by atoms with Gasteiger partial charge < -0.3 is 5.32 Å². The summed E-state index contributed by atoms with van der Waals surface area (Å²) in [6.45, 7) is 0. The smallest absolute Gasteiger partial charge is 0.318 e. The van der Waals surface area contributed by atoms with E-state index in [1.165, 1.54) is 48.6 Å². The van der Waals surface area contributed by atoms with Gasteiger partial charge in [-0.25, -0.2) is 4.39 Å². The summed E-state index contributed by atoms with van der Waals surface area (Å²) in [6, 6.07) is 10.6. The lowest BCUT2D eigenvalue weighted by Gasteiger charge is -2.08. The number of hydrogen-bond donors (Lipinski definition) is 1. The van der Waals surface area contributed by atoms with Gasteiger partial charge in [0, 0.05) is 11.3 Å². The van der Waals surface area contributed by atoms with Gasteiger partial charge in [-0.15, -0.1) is 0 Å². The average molecular weight is 337 g/mol. The standard InChI is InChI=1S/C17H11F4NO2/c18-13-5-2-4-12(10-13)15(23)8-7-11-3-1-6-14(9-11)22-16(24)17(19,20)21/h1-10H,(H,22,24)/b8-7+. The van der Waals surface area contributed by atoms with Gasteiger partial charge in [0.2, 0.25) is 0 Å². The first-order valence-electron chi connectivity index (χ1n) is 6.72. The lowest BCUT2D eigenvalue weighted by atomic mass is 10.1. The minimum Gasteiger partial charge on any atom is -0.318 e. The van der Waals surface area contributed by atoms with E-state index in [9.17, 15) is 27.2 Å². The summed E-state index contributed by atoms with van der Waals surface area (Å²) < 4.78 is 49.7. The lowest BCUT2D eigenvalue weighted by molar-refractivity contribution is -0.167. The summed E-state index contributed by atoms with van der Waals surface area (Å²) in [5.41, 5.74) is 0.491. The first-order valence-corrected chi connectivity index (χ1v) is 6.72. The molecule has 0 aliphatic rings. The van der Waals surface area contributed by atoms with Crippen molar-refractivity contribution in [3.63, 3.8) is 0 Å². The highest BCUT2D eigenvalue weighted by Gasteiger charge is 2.38. The summed E-state index contributed by atoms with van der Waals surface area (Å²) in [5, 5.41) is 1.72. The molecule has 7 heteroatoms. The van der Waals surface area contributed by atoms with Crippen molar-refractivity contribution in [2.24, 2.45) is 0 Å². The van der Waals surface area contributed by atoms with E-state index >= 15 is 0 Å². The van der Waals surface area contributed by atoms with Crippen LogP contribution in [0.5, 0.6) is 0 Å². The molecule has 0 atom stereocenters. The molecule has 0 unspecified atom stereocenters. The van der Waals surface area contributed by atoms with E-state index in [4.69, 9.17) is 0 Å². The minimum atomic E-state index is -4.99. The third-order valence-corrected chi connectivity index (χ3v) is 2.94. The Hall–Kier alpha value is -2.96. The summed E-state index contributed by atoms with van der Waals surface area (Å²) in [6.07, 6.45) is -2.46. The number of nitrogens with one attached hydrogen (secondary N) is 1. The van der Waals surface area contributed by atoms with Crippen LogP contribution in [0.2, 0.25) is 0 Å². The number of alkyl halides is 3. The maximum atomic E-state index is 13.1. The molecule has 0 saturated heterocycles. The second-order valence-electron chi connectivity index (χ2n) is 4.79. The molecule has 2 aromatic carbocycles. The number of halogens is 4. The number of ketones is 1. The molecular weight excluding hydrogens is 326 g/mol. The molecule has 0 radical (unpaired) electrons. The van der Waals surface area contributed by atoms with Crippen LogP contribution in [-0.2, 0) is 4.79 Å². The fourth-order valence-electron chi connectivity index (χ4n) is 1.83. The number of benzene rings is 2. The number of carbonyl (C=O) groups excluding carboxylic acids is 2. The van der Waals surface area contributed by atoms with Gasteiger partial charge >= 0.3 is 12.1 Å². The third kappa shape index (κ3) is 4.77. The Morgan fingerprint density at radius 2 is 1.71 bits per heavy atom. The van der Waals surface area contributed by atoms with Crippen molar-refractivity contribution in [1.82, 2.24) is 0 Å². The Bertz CT molecular complexity index is 797. The molecule has 2 aromatic rings. The van der Waals surface area contributed by atoms with E-state index in [1.54, 1.807) is 11.4 Å².